The molecule has 0 bridgehead atoms. The van der Waals surface area contributed by atoms with Gasteiger partial charge >= 0.3 is 6.09 Å². The SMILES string of the molecule is CC(C)(C)OC(=O)N[C@]1(C=O)[C@H](c2cccc(Cl)c2)[C@@H]1S(C)(=O)=O. The summed E-state index contributed by atoms with van der Waals surface area (Å²) in [6.07, 6.45) is 0.665. The minimum atomic E-state index is -3.59. The molecule has 132 valence electrons. The second-order valence-electron chi connectivity index (χ2n) is 6.96. The van der Waals surface area contributed by atoms with Gasteiger partial charge in [0.1, 0.15) is 22.7 Å². The molecule has 0 aromatic heterocycles. The zero-order valence-corrected chi connectivity index (χ0v) is 15.4. The van der Waals surface area contributed by atoms with E-state index in [0.717, 1.165) is 6.26 Å². The minimum Gasteiger partial charge on any atom is -0.444 e. The molecule has 1 saturated carbocycles. The number of carbonyl (C=O) groups excluding carboxylic acids is 2. The molecule has 2 rings (SSSR count). The number of hydrogen-bond donors (Lipinski definition) is 1. The topological polar surface area (TPSA) is 89.5 Å². The molecule has 0 radical (unpaired) electrons. The normalized spacial score (nSPS) is 26.5. The summed E-state index contributed by atoms with van der Waals surface area (Å²) in [5.74, 6) is -0.712. The zero-order valence-electron chi connectivity index (χ0n) is 13.9. The van der Waals surface area contributed by atoms with E-state index >= 15 is 0 Å². The third kappa shape index (κ3) is 3.72. The Bertz CT molecular complexity index is 771. The molecule has 1 aromatic carbocycles. The molecule has 3 atom stereocenters. The Hall–Kier alpha value is -1.60. The van der Waals surface area contributed by atoms with E-state index in [4.69, 9.17) is 16.3 Å². The minimum absolute atomic E-state index is 0.420. The van der Waals surface area contributed by atoms with Gasteiger partial charge in [0, 0.05) is 17.2 Å². The number of hydrogen-bond acceptors (Lipinski definition) is 5. The summed E-state index contributed by atoms with van der Waals surface area (Å²) >= 11 is 5.96. The van der Waals surface area contributed by atoms with E-state index in [0.29, 0.717) is 16.9 Å². The Morgan fingerprint density at radius 3 is 2.46 bits per heavy atom. The highest BCUT2D eigenvalue weighted by molar-refractivity contribution is 7.91. The predicted octanol–water partition coefficient (Wildman–Crippen LogP) is 2.31. The number of alkyl carbamates (subject to hydrolysis) is 1. The van der Waals surface area contributed by atoms with Crippen molar-refractivity contribution >= 4 is 33.8 Å². The van der Waals surface area contributed by atoms with Crippen molar-refractivity contribution in [2.24, 2.45) is 0 Å². The number of sulfone groups is 1. The van der Waals surface area contributed by atoms with Gasteiger partial charge in [-0.15, -0.1) is 0 Å². The molecule has 0 spiro atoms. The first-order valence-electron chi connectivity index (χ1n) is 7.32. The van der Waals surface area contributed by atoms with Gasteiger partial charge in [-0.3, -0.25) is 0 Å². The van der Waals surface area contributed by atoms with Crippen molar-refractivity contribution in [2.75, 3.05) is 6.26 Å². The van der Waals surface area contributed by atoms with Crippen LogP contribution < -0.4 is 5.32 Å². The molecule has 1 aliphatic rings. The third-order valence-corrected chi connectivity index (χ3v) is 5.58. The lowest BCUT2D eigenvalue weighted by atomic mass is 10.1. The standard InChI is InChI=1S/C16H20ClNO5S/c1-15(2,3)23-14(20)18-16(9-19)12(13(16)24(4,21)22)10-6-5-7-11(17)8-10/h5-9,12-13H,1-4H3,(H,18,20)/t12-,13+,16-/m1/s1. The van der Waals surface area contributed by atoms with E-state index in [9.17, 15) is 18.0 Å². The number of halogens is 1. The quantitative estimate of drug-likeness (QED) is 0.818. The summed E-state index contributed by atoms with van der Waals surface area (Å²) < 4.78 is 29.4. The summed E-state index contributed by atoms with van der Waals surface area (Å²) in [5.41, 5.74) is -1.75. The van der Waals surface area contributed by atoms with Crippen LogP contribution in [-0.2, 0) is 19.4 Å². The van der Waals surface area contributed by atoms with Crippen LogP contribution in [0.4, 0.5) is 4.79 Å². The fourth-order valence-electron chi connectivity index (χ4n) is 2.93. The Labute approximate surface area is 146 Å². The summed E-state index contributed by atoms with van der Waals surface area (Å²) in [4.78, 5) is 23.8. The van der Waals surface area contributed by atoms with Crippen molar-refractivity contribution in [3.05, 3.63) is 34.9 Å². The molecular formula is C16H20ClNO5S. The number of aldehydes is 1. The summed E-state index contributed by atoms with van der Waals surface area (Å²) in [7, 11) is -3.59. The number of nitrogens with one attached hydrogen (secondary N) is 1. The maximum absolute atomic E-state index is 12.1. The molecule has 1 fully saturated rings. The smallest absolute Gasteiger partial charge is 0.408 e. The van der Waals surface area contributed by atoms with Crippen LogP contribution in [0.1, 0.15) is 32.3 Å². The van der Waals surface area contributed by atoms with Crippen LogP contribution in [0.3, 0.4) is 0 Å². The monoisotopic (exact) mass is 373 g/mol. The van der Waals surface area contributed by atoms with Crippen LogP contribution >= 0.6 is 11.6 Å². The summed E-state index contributed by atoms with van der Waals surface area (Å²) in [6.45, 7) is 5.03. The van der Waals surface area contributed by atoms with Gasteiger partial charge < -0.3 is 14.8 Å². The lowest BCUT2D eigenvalue weighted by Crippen LogP contribution is -2.45. The molecule has 0 heterocycles. The molecule has 1 aromatic rings. The average Bonchev–Trinajstić information content (AvgIpc) is 3.05. The van der Waals surface area contributed by atoms with E-state index in [1.807, 2.05) is 0 Å². The number of amides is 1. The molecule has 1 amide bonds. The highest BCUT2D eigenvalue weighted by Gasteiger charge is 2.71. The van der Waals surface area contributed by atoms with Gasteiger partial charge in [0.2, 0.25) is 0 Å². The first-order valence-corrected chi connectivity index (χ1v) is 9.66. The van der Waals surface area contributed by atoms with E-state index in [1.54, 1.807) is 45.0 Å². The molecule has 0 aliphatic heterocycles. The lowest BCUT2D eigenvalue weighted by molar-refractivity contribution is -0.110. The van der Waals surface area contributed by atoms with Gasteiger partial charge in [0.15, 0.2) is 9.84 Å². The molecule has 6 nitrogen and oxygen atoms in total. The summed E-state index contributed by atoms with van der Waals surface area (Å²) in [6, 6.07) is 6.58. The van der Waals surface area contributed by atoms with Gasteiger partial charge in [0.05, 0.1) is 0 Å². The number of carbonyl (C=O) groups is 2. The van der Waals surface area contributed by atoms with Crippen LogP contribution in [0.5, 0.6) is 0 Å². The van der Waals surface area contributed by atoms with Crippen LogP contribution in [0.2, 0.25) is 5.02 Å². The van der Waals surface area contributed by atoms with Gasteiger partial charge in [-0.05, 0) is 38.5 Å². The van der Waals surface area contributed by atoms with Crippen LogP contribution in [-0.4, -0.2) is 43.4 Å². The van der Waals surface area contributed by atoms with E-state index in [2.05, 4.69) is 5.32 Å². The van der Waals surface area contributed by atoms with Crippen LogP contribution in [0.25, 0.3) is 0 Å². The fraction of sp³-hybridized carbons (Fsp3) is 0.500. The van der Waals surface area contributed by atoms with Crippen molar-refractivity contribution in [2.45, 2.75) is 43.1 Å². The largest absolute Gasteiger partial charge is 0.444 e. The van der Waals surface area contributed by atoms with E-state index in [1.165, 1.54) is 0 Å². The highest BCUT2D eigenvalue weighted by Crippen LogP contribution is 2.54. The van der Waals surface area contributed by atoms with Gasteiger partial charge in [-0.1, -0.05) is 23.7 Å². The van der Waals surface area contributed by atoms with E-state index < -0.39 is 38.2 Å². The van der Waals surface area contributed by atoms with Crippen molar-refractivity contribution in [1.82, 2.24) is 5.32 Å². The van der Waals surface area contributed by atoms with Gasteiger partial charge in [-0.2, -0.15) is 0 Å². The number of benzene rings is 1. The molecule has 1 aliphatic carbocycles. The Morgan fingerprint density at radius 1 is 1.38 bits per heavy atom. The second kappa shape index (κ2) is 6.04. The Balaban J connectivity index is 2.38. The average molecular weight is 374 g/mol. The van der Waals surface area contributed by atoms with Gasteiger partial charge in [-0.25, -0.2) is 13.2 Å². The zero-order chi connectivity index (χ0) is 18.3. The first kappa shape index (κ1) is 18.7. The second-order valence-corrected chi connectivity index (χ2v) is 9.56. The maximum atomic E-state index is 12.1. The summed E-state index contributed by atoms with van der Waals surface area (Å²) in [5, 5.41) is 1.81. The highest BCUT2D eigenvalue weighted by atomic mass is 35.5. The van der Waals surface area contributed by atoms with Crippen LogP contribution in [0.15, 0.2) is 24.3 Å². The maximum Gasteiger partial charge on any atom is 0.408 e. The predicted molar refractivity (Wildman–Crippen MR) is 91.0 cm³/mol. The number of rotatable bonds is 4. The fourth-order valence-corrected chi connectivity index (χ4v) is 4.89. The molecule has 0 unspecified atom stereocenters. The lowest BCUT2D eigenvalue weighted by Gasteiger charge is -2.22. The molecule has 0 saturated heterocycles. The molecule has 8 heteroatoms. The van der Waals surface area contributed by atoms with Gasteiger partial charge in [0.25, 0.3) is 0 Å². The molecular weight excluding hydrogens is 354 g/mol. The number of ether oxygens (including phenoxy) is 1. The van der Waals surface area contributed by atoms with Crippen LogP contribution in [0, 0.1) is 0 Å². The van der Waals surface area contributed by atoms with Crippen molar-refractivity contribution in [1.29, 1.82) is 0 Å². The Morgan fingerprint density at radius 2 is 2.00 bits per heavy atom. The first-order chi connectivity index (χ1) is 10.9. The third-order valence-electron chi connectivity index (χ3n) is 3.76. The molecule has 24 heavy (non-hydrogen) atoms. The molecule has 1 N–H and O–H groups in total. The van der Waals surface area contributed by atoms with Crippen molar-refractivity contribution < 1.29 is 22.7 Å². The van der Waals surface area contributed by atoms with E-state index in [-0.39, 0.29) is 0 Å². The van der Waals surface area contributed by atoms with Crippen molar-refractivity contribution in [3.63, 3.8) is 0 Å². The van der Waals surface area contributed by atoms with Crippen molar-refractivity contribution in [3.8, 4) is 0 Å². The Kier molecular flexibility index (Phi) is 4.71.